The third-order valence-corrected chi connectivity index (χ3v) is 2.57. The third kappa shape index (κ3) is 3.06. The predicted molar refractivity (Wildman–Crippen MR) is 59.9 cm³/mol. The molecule has 0 fully saturated rings. The van der Waals surface area contributed by atoms with E-state index < -0.39 is 12.0 Å². The van der Waals surface area contributed by atoms with Crippen LogP contribution < -0.4 is 5.73 Å². The number of aliphatic carboxylic acids is 1. The Labute approximate surface area is 89.9 Å². The number of hydrogen-bond acceptors (Lipinski definition) is 2. The molecule has 1 unspecified atom stereocenters. The first-order valence-electron chi connectivity index (χ1n) is 5.11. The Morgan fingerprint density at radius 2 is 2.20 bits per heavy atom. The molecule has 0 heterocycles. The fourth-order valence-electron chi connectivity index (χ4n) is 1.57. The number of nitrogens with two attached hydrogens (primary N) is 1. The summed E-state index contributed by atoms with van der Waals surface area (Å²) in [6.07, 6.45) is 1.35. The van der Waals surface area contributed by atoms with Gasteiger partial charge in [-0.15, -0.1) is 0 Å². The van der Waals surface area contributed by atoms with Gasteiger partial charge in [0.2, 0.25) is 0 Å². The number of hydrogen-bond donors (Lipinski definition) is 2. The molecule has 0 bridgehead atoms. The van der Waals surface area contributed by atoms with E-state index in [0.29, 0.717) is 6.42 Å². The van der Waals surface area contributed by atoms with Crippen LogP contribution in [0.1, 0.15) is 23.6 Å². The lowest BCUT2D eigenvalue weighted by molar-refractivity contribution is -0.138. The first kappa shape index (κ1) is 11.7. The van der Waals surface area contributed by atoms with Gasteiger partial charge in [0, 0.05) is 0 Å². The molecule has 0 saturated heterocycles. The molecule has 0 spiro atoms. The molecule has 3 heteroatoms. The van der Waals surface area contributed by atoms with E-state index in [9.17, 15) is 4.79 Å². The maximum Gasteiger partial charge on any atom is 0.320 e. The summed E-state index contributed by atoms with van der Waals surface area (Å²) in [5, 5.41) is 8.70. The van der Waals surface area contributed by atoms with Gasteiger partial charge in [0.05, 0.1) is 0 Å². The zero-order valence-corrected chi connectivity index (χ0v) is 9.16. The summed E-state index contributed by atoms with van der Waals surface area (Å²) in [6, 6.07) is 5.19. The molecule has 15 heavy (non-hydrogen) atoms. The van der Waals surface area contributed by atoms with Crippen molar-refractivity contribution in [3.05, 3.63) is 34.9 Å². The average Bonchev–Trinajstić information content (AvgIpc) is 2.20. The molecule has 0 aliphatic heterocycles. The molecule has 0 aliphatic carbocycles. The predicted octanol–water partition coefficient (Wildman–Crippen LogP) is 1.51. The normalized spacial score (nSPS) is 12.5. The summed E-state index contributed by atoms with van der Waals surface area (Å²) in [5.41, 5.74) is 8.97. The van der Waals surface area contributed by atoms with Crippen LogP contribution in [0, 0.1) is 6.92 Å². The average molecular weight is 207 g/mol. The Hall–Kier alpha value is -1.35. The molecule has 0 aromatic heterocycles. The van der Waals surface area contributed by atoms with Crippen molar-refractivity contribution in [2.75, 3.05) is 0 Å². The minimum absolute atomic E-state index is 0.391. The van der Waals surface area contributed by atoms with Gasteiger partial charge < -0.3 is 10.8 Å². The van der Waals surface area contributed by atoms with Gasteiger partial charge in [-0.25, -0.2) is 0 Å². The smallest absolute Gasteiger partial charge is 0.320 e. The molecular formula is C12H17NO2. The van der Waals surface area contributed by atoms with Crippen LogP contribution >= 0.6 is 0 Å². The first-order valence-corrected chi connectivity index (χ1v) is 5.11. The summed E-state index contributed by atoms with van der Waals surface area (Å²) in [6.45, 7) is 4.14. The van der Waals surface area contributed by atoms with E-state index in [2.05, 4.69) is 13.8 Å². The minimum atomic E-state index is -0.950. The third-order valence-electron chi connectivity index (χ3n) is 2.57. The highest BCUT2D eigenvalue weighted by molar-refractivity contribution is 5.73. The zero-order chi connectivity index (χ0) is 11.4. The van der Waals surface area contributed by atoms with Crippen molar-refractivity contribution < 1.29 is 9.90 Å². The fourth-order valence-corrected chi connectivity index (χ4v) is 1.57. The molecule has 3 N–H and O–H groups in total. The number of rotatable bonds is 4. The van der Waals surface area contributed by atoms with Crippen LogP contribution in [0.3, 0.4) is 0 Å². The van der Waals surface area contributed by atoms with Gasteiger partial charge in [-0.2, -0.15) is 0 Å². The van der Waals surface area contributed by atoms with Crippen LogP contribution in [0.25, 0.3) is 0 Å². The summed E-state index contributed by atoms with van der Waals surface area (Å²) in [7, 11) is 0. The van der Waals surface area contributed by atoms with Gasteiger partial charge in [0.25, 0.3) is 0 Å². The SMILES string of the molecule is CCc1cc(CC(N)C(=O)O)ccc1C. The Kier molecular flexibility index (Phi) is 3.86. The largest absolute Gasteiger partial charge is 0.480 e. The van der Waals surface area contributed by atoms with Crippen molar-refractivity contribution in [1.29, 1.82) is 0 Å². The summed E-state index contributed by atoms with van der Waals surface area (Å²) >= 11 is 0. The number of carbonyl (C=O) groups is 1. The molecule has 82 valence electrons. The van der Waals surface area contributed by atoms with E-state index in [1.54, 1.807) is 0 Å². The summed E-state index contributed by atoms with van der Waals surface area (Å²) in [4.78, 5) is 10.6. The molecule has 1 atom stereocenters. The summed E-state index contributed by atoms with van der Waals surface area (Å²) < 4.78 is 0. The van der Waals surface area contributed by atoms with Crippen molar-refractivity contribution in [2.45, 2.75) is 32.7 Å². The molecular weight excluding hydrogens is 190 g/mol. The Balaban J connectivity index is 2.83. The fraction of sp³-hybridized carbons (Fsp3) is 0.417. The van der Waals surface area contributed by atoms with Crippen molar-refractivity contribution >= 4 is 5.97 Å². The molecule has 0 aliphatic rings. The number of carboxylic acids is 1. The molecule has 1 rings (SSSR count). The lowest BCUT2D eigenvalue weighted by atomic mass is 9.99. The Morgan fingerprint density at radius 1 is 1.53 bits per heavy atom. The van der Waals surface area contributed by atoms with Gasteiger partial charge in [0.1, 0.15) is 6.04 Å². The highest BCUT2D eigenvalue weighted by atomic mass is 16.4. The van der Waals surface area contributed by atoms with Gasteiger partial charge in [0.15, 0.2) is 0 Å². The molecule has 1 aromatic carbocycles. The molecule has 0 radical (unpaired) electrons. The van der Waals surface area contributed by atoms with Crippen LogP contribution in [0.5, 0.6) is 0 Å². The number of carboxylic acid groups (broad SMARTS) is 1. The Morgan fingerprint density at radius 3 is 2.73 bits per heavy atom. The van der Waals surface area contributed by atoms with Gasteiger partial charge in [-0.3, -0.25) is 4.79 Å². The van der Waals surface area contributed by atoms with Crippen molar-refractivity contribution in [2.24, 2.45) is 5.73 Å². The zero-order valence-electron chi connectivity index (χ0n) is 9.16. The maximum atomic E-state index is 10.6. The second-order valence-corrected chi connectivity index (χ2v) is 3.76. The van der Waals surface area contributed by atoms with Crippen molar-refractivity contribution in [1.82, 2.24) is 0 Å². The van der Waals surface area contributed by atoms with Crippen LogP contribution in [0.4, 0.5) is 0 Å². The van der Waals surface area contributed by atoms with E-state index in [1.165, 1.54) is 11.1 Å². The van der Waals surface area contributed by atoms with Crippen LogP contribution in [0.15, 0.2) is 18.2 Å². The number of benzene rings is 1. The van der Waals surface area contributed by atoms with Crippen molar-refractivity contribution in [3.63, 3.8) is 0 Å². The maximum absolute atomic E-state index is 10.6. The Bertz CT molecular complexity index is 361. The number of aryl methyl sites for hydroxylation is 2. The topological polar surface area (TPSA) is 63.3 Å². The van der Waals surface area contributed by atoms with E-state index >= 15 is 0 Å². The lowest BCUT2D eigenvalue weighted by Gasteiger charge is -2.09. The van der Waals surface area contributed by atoms with Gasteiger partial charge in [-0.1, -0.05) is 25.1 Å². The van der Waals surface area contributed by atoms with E-state index in [4.69, 9.17) is 10.8 Å². The molecule has 0 saturated carbocycles. The molecule has 1 aromatic rings. The quantitative estimate of drug-likeness (QED) is 0.786. The molecule has 3 nitrogen and oxygen atoms in total. The monoisotopic (exact) mass is 207 g/mol. The van der Waals surface area contributed by atoms with Gasteiger partial charge >= 0.3 is 5.97 Å². The van der Waals surface area contributed by atoms with Crippen LogP contribution in [-0.4, -0.2) is 17.1 Å². The second kappa shape index (κ2) is 4.94. The highest BCUT2D eigenvalue weighted by Gasteiger charge is 2.12. The van der Waals surface area contributed by atoms with E-state index in [1.807, 2.05) is 18.2 Å². The molecule has 0 amide bonds. The van der Waals surface area contributed by atoms with Crippen LogP contribution in [-0.2, 0) is 17.6 Å². The lowest BCUT2D eigenvalue weighted by Crippen LogP contribution is -2.32. The first-order chi connectivity index (χ1) is 7.04. The van der Waals surface area contributed by atoms with E-state index in [0.717, 1.165) is 12.0 Å². The highest BCUT2D eigenvalue weighted by Crippen LogP contribution is 2.13. The summed E-state index contributed by atoms with van der Waals surface area (Å²) in [5.74, 6) is -0.950. The van der Waals surface area contributed by atoms with E-state index in [-0.39, 0.29) is 0 Å². The second-order valence-electron chi connectivity index (χ2n) is 3.76. The van der Waals surface area contributed by atoms with Crippen molar-refractivity contribution in [3.8, 4) is 0 Å². The van der Waals surface area contributed by atoms with Crippen LogP contribution in [0.2, 0.25) is 0 Å². The van der Waals surface area contributed by atoms with Gasteiger partial charge in [-0.05, 0) is 36.5 Å². The standard InChI is InChI=1S/C12H17NO2/c1-3-10-6-9(5-4-8(10)2)7-11(13)12(14)15/h4-6,11H,3,7,13H2,1-2H3,(H,14,15). The minimum Gasteiger partial charge on any atom is -0.480 e.